The molecule has 0 unspecified atom stereocenters. The van der Waals surface area contributed by atoms with E-state index in [0.29, 0.717) is 6.73 Å². The van der Waals surface area contributed by atoms with E-state index in [2.05, 4.69) is 4.98 Å². The summed E-state index contributed by atoms with van der Waals surface area (Å²) in [6.45, 7) is 0.514. The van der Waals surface area contributed by atoms with Crippen molar-refractivity contribution in [3.8, 4) is 0 Å². The van der Waals surface area contributed by atoms with E-state index in [-0.39, 0.29) is 0 Å². The number of benzene rings is 1. The van der Waals surface area contributed by atoms with Crippen molar-refractivity contribution in [3.63, 3.8) is 0 Å². The molecule has 0 aliphatic heterocycles. The van der Waals surface area contributed by atoms with E-state index in [9.17, 15) is 0 Å². The van der Waals surface area contributed by atoms with E-state index in [4.69, 9.17) is 10.5 Å². The average molecular weight is 177 g/mol. The Bertz CT molecular complexity index is 422. The fraction of sp³-hybridized carbons (Fsp3) is 0.222. The second-order valence-electron chi connectivity index (χ2n) is 2.88. The summed E-state index contributed by atoms with van der Waals surface area (Å²) in [5, 5.41) is 0. The molecule has 0 atom stereocenters. The second kappa shape index (κ2) is 3.06. The van der Waals surface area contributed by atoms with Crippen molar-refractivity contribution in [3.05, 3.63) is 24.5 Å². The molecule has 68 valence electrons. The number of nitrogens with two attached hydrogens (primary N) is 1. The van der Waals surface area contributed by atoms with Gasteiger partial charge >= 0.3 is 0 Å². The standard InChI is InChI=1S/C9H11N3O/c1-13-6-12-5-11-8-4-7(10)2-3-9(8)12/h2-5H,6,10H2,1H3. The Hall–Kier alpha value is -1.55. The van der Waals surface area contributed by atoms with E-state index in [1.54, 1.807) is 13.4 Å². The van der Waals surface area contributed by atoms with E-state index in [1.165, 1.54) is 0 Å². The SMILES string of the molecule is COCn1cnc2cc(N)ccc21. The third-order valence-corrected chi connectivity index (χ3v) is 1.91. The molecule has 0 amide bonds. The van der Waals surface area contributed by atoms with Crippen LogP contribution in [-0.2, 0) is 11.5 Å². The van der Waals surface area contributed by atoms with E-state index in [0.717, 1.165) is 16.7 Å². The first-order valence-electron chi connectivity index (χ1n) is 4.00. The number of hydrogen-bond acceptors (Lipinski definition) is 3. The summed E-state index contributed by atoms with van der Waals surface area (Å²) >= 11 is 0. The first-order chi connectivity index (χ1) is 6.31. The van der Waals surface area contributed by atoms with Crippen LogP contribution in [0.4, 0.5) is 5.69 Å². The maximum atomic E-state index is 5.63. The fourth-order valence-electron chi connectivity index (χ4n) is 1.32. The van der Waals surface area contributed by atoms with Crippen LogP contribution < -0.4 is 5.73 Å². The Morgan fingerprint density at radius 2 is 2.38 bits per heavy atom. The monoisotopic (exact) mass is 177 g/mol. The van der Waals surface area contributed by atoms with Crippen LogP contribution in [0, 0.1) is 0 Å². The molecule has 1 aromatic carbocycles. The van der Waals surface area contributed by atoms with Crippen LogP contribution in [-0.4, -0.2) is 16.7 Å². The van der Waals surface area contributed by atoms with Crippen LogP contribution in [0.25, 0.3) is 11.0 Å². The maximum Gasteiger partial charge on any atom is 0.123 e. The summed E-state index contributed by atoms with van der Waals surface area (Å²) in [7, 11) is 1.66. The van der Waals surface area contributed by atoms with Crippen LogP contribution in [0.5, 0.6) is 0 Å². The highest BCUT2D eigenvalue weighted by Gasteiger charge is 2.00. The molecule has 0 spiro atoms. The van der Waals surface area contributed by atoms with Crippen LogP contribution >= 0.6 is 0 Å². The number of ether oxygens (including phenoxy) is 1. The van der Waals surface area contributed by atoms with Gasteiger partial charge in [0.1, 0.15) is 6.73 Å². The molecule has 13 heavy (non-hydrogen) atoms. The zero-order chi connectivity index (χ0) is 9.26. The minimum Gasteiger partial charge on any atom is -0.399 e. The van der Waals surface area contributed by atoms with Crippen molar-refractivity contribution in [2.24, 2.45) is 0 Å². The molecule has 0 bridgehead atoms. The highest BCUT2D eigenvalue weighted by molar-refractivity contribution is 5.78. The Morgan fingerprint density at radius 3 is 3.15 bits per heavy atom. The predicted molar refractivity (Wildman–Crippen MR) is 51.2 cm³/mol. The summed E-state index contributed by atoms with van der Waals surface area (Å²) in [5.41, 5.74) is 8.30. The van der Waals surface area contributed by atoms with E-state index < -0.39 is 0 Å². The Kier molecular flexibility index (Phi) is 1.90. The molecule has 4 nitrogen and oxygen atoms in total. The highest BCUT2D eigenvalue weighted by atomic mass is 16.5. The minimum atomic E-state index is 0.514. The Morgan fingerprint density at radius 1 is 1.54 bits per heavy atom. The molecule has 0 aliphatic rings. The lowest BCUT2D eigenvalue weighted by molar-refractivity contribution is 0.134. The van der Waals surface area contributed by atoms with E-state index in [1.807, 2.05) is 22.8 Å². The number of aromatic nitrogens is 2. The van der Waals surface area contributed by atoms with Gasteiger partial charge in [0, 0.05) is 12.8 Å². The van der Waals surface area contributed by atoms with Gasteiger partial charge in [-0.25, -0.2) is 4.98 Å². The lowest BCUT2D eigenvalue weighted by atomic mass is 10.3. The van der Waals surface area contributed by atoms with Crippen molar-refractivity contribution in [2.75, 3.05) is 12.8 Å². The summed E-state index contributed by atoms with van der Waals surface area (Å²) in [4.78, 5) is 4.20. The van der Waals surface area contributed by atoms with Crippen molar-refractivity contribution < 1.29 is 4.74 Å². The number of nitrogen functional groups attached to an aromatic ring is 1. The molecule has 1 aromatic heterocycles. The normalized spacial score (nSPS) is 10.8. The Balaban J connectivity index is 2.55. The van der Waals surface area contributed by atoms with Gasteiger partial charge in [0.15, 0.2) is 0 Å². The number of fused-ring (bicyclic) bond motifs is 1. The predicted octanol–water partition coefficient (Wildman–Crippen LogP) is 1.22. The number of nitrogens with zero attached hydrogens (tertiary/aromatic N) is 2. The summed E-state index contributed by atoms with van der Waals surface area (Å²) in [6, 6.07) is 5.65. The van der Waals surface area contributed by atoms with Gasteiger partial charge in [-0.1, -0.05) is 0 Å². The van der Waals surface area contributed by atoms with Crippen LogP contribution in [0.3, 0.4) is 0 Å². The van der Waals surface area contributed by atoms with Crippen molar-refractivity contribution in [2.45, 2.75) is 6.73 Å². The lowest BCUT2D eigenvalue weighted by Gasteiger charge is -2.01. The van der Waals surface area contributed by atoms with E-state index >= 15 is 0 Å². The quantitative estimate of drug-likeness (QED) is 0.702. The fourth-order valence-corrected chi connectivity index (χ4v) is 1.32. The number of anilines is 1. The van der Waals surface area contributed by atoms with Gasteiger partial charge in [-0.15, -0.1) is 0 Å². The second-order valence-corrected chi connectivity index (χ2v) is 2.88. The summed E-state index contributed by atoms with van der Waals surface area (Å²) in [6.07, 6.45) is 1.74. The molecule has 0 aliphatic carbocycles. The molecule has 4 heteroatoms. The first-order valence-corrected chi connectivity index (χ1v) is 4.00. The van der Waals surface area contributed by atoms with Crippen molar-refractivity contribution >= 4 is 16.7 Å². The van der Waals surface area contributed by atoms with Gasteiger partial charge in [0.25, 0.3) is 0 Å². The van der Waals surface area contributed by atoms with Gasteiger partial charge < -0.3 is 15.0 Å². The topological polar surface area (TPSA) is 53.1 Å². The van der Waals surface area contributed by atoms with Gasteiger partial charge in [0.05, 0.1) is 17.4 Å². The van der Waals surface area contributed by atoms with Crippen molar-refractivity contribution in [1.29, 1.82) is 0 Å². The zero-order valence-corrected chi connectivity index (χ0v) is 7.40. The van der Waals surface area contributed by atoms with Gasteiger partial charge in [-0.3, -0.25) is 0 Å². The molecule has 2 rings (SSSR count). The number of hydrogen-bond donors (Lipinski definition) is 1. The number of rotatable bonds is 2. The molecule has 2 aromatic rings. The minimum absolute atomic E-state index is 0.514. The summed E-state index contributed by atoms with van der Waals surface area (Å²) in [5.74, 6) is 0. The number of imidazole rings is 1. The van der Waals surface area contributed by atoms with Gasteiger partial charge in [-0.05, 0) is 18.2 Å². The molecule has 1 heterocycles. The van der Waals surface area contributed by atoms with Crippen LogP contribution in [0.2, 0.25) is 0 Å². The molecule has 2 N–H and O–H groups in total. The maximum absolute atomic E-state index is 5.63. The van der Waals surface area contributed by atoms with Gasteiger partial charge in [-0.2, -0.15) is 0 Å². The van der Waals surface area contributed by atoms with Gasteiger partial charge in [0.2, 0.25) is 0 Å². The molecule has 0 fully saturated rings. The molecule has 0 radical (unpaired) electrons. The number of methoxy groups -OCH3 is 1. The third-order valence-electron chi connectivity index (χ3n) is 1.91. The smallest absolute Gasteiger partial charge is 0.123 e. The average Bonchev–Trinajstić information content (AvgIpc) is 2.49. The highest BCUT2D eigenvalue weighted by Crippen LogP contribution is 2.15. The molecule has 0 saturated carbocycles. The lowest BCUT2D eigenvalue weighted by Crippen LogP contribution is -1.97. The molecular formula is C9H11N3O. The summed E-state index contributed by atoms with van der Waals surface area (Å²) < 4.78 is 6.94. The van der Waals surface area contributed by atoms with Crippen LogP contribution in [0.1, 0.15) is 0 Å². The first kappa shape index (κ1) is 8.07. The van der Waals surface area contributed by atoms with Crippen LogP contribution in [0.15, 0.2) is 24.5 Å². The molecular weight excluding hydrogens is 166 g/mol. The zero-order valence-electron chi connectivity index (χ0n) is 7.40. The largest absolute Gasteiger partial charge is 0.399 e. The molecule has 0 saturated heterocycles. The third kappa shape index (κ3) is 1.36. The van der Waals surface area contributed by atoms with Crippen molar-refractivity contribution in [1.82, 2.24) is 9.55 Å². The Labute approximate surface area is 75.9 Å².